The minimum atomic E-state index is -3.34. The normalized spacial score (nSPS) is 17.1. The number of nitrogens with one attached hydrogen (secondary N) is 1. The van der Waals surface area contributed by atoms with E-state index in [1.165, 1.54) is 0 Å². The monoisotopic (exact) mass is 366 g/mol. The summed E-state index contributed by atoms with van der Waals surface area (Å²) in [5, 5.41) is 3.10. The van der Waals surface area contributed by atoms with Gasteiger partial charge in [0.2, 0.25) is 10.0 Å². The number of rotatable bonds is 4. The van der Waals surface area contributed by atoms with Gasteiger partial charge in [0.1, 0.15) is 0 Å². The Hall–Kier alpha value is -0.180. The summed E-state index contributed by atoms with van der Waals surface area (Å²) in [6.07, 6.45) is 0. The third-order valence-electron chi connectivity index (χ3n) is 2.90. The Labute approximate surface area is 116 Å². The van der Waals surface area contributed by atoms with Crippen molar-refractivity contribution < 1.29 is 8.42 Å². The van der Waals surface area contributed by atoms with E-state index in [0.717, 1.165) is 16.7 Å². The molecule has 1 aromatic rings. The predicted molar refractivity (Wildman–Crippen MR) is 75.4 cm³/mol. The van der Waals surface area contributed by atoms with Gasteiger partial charge in [0.25, 0.3) is 0 Å². The zero-order valence-corrected chi connectivity index (χ0v) is 12.5. The number of sulfonamides is 1. The molecule has 1 aromatic carbocycles. The summed E-state index contributed by atoms with van der Waals surface area (Å²) in [5.41, 5.74) is 0. The molecule has 4 nitrogen and oxygen atoms in total. The Bertz CT molecular complexity index is 483. The van der Waals surface area contributed by atoms with Crippen molar-refractivity contribution in [1.29, 1.82) is 0 Å². The van der Waals surface area contributed by atoms with Crippen LogP contribution in [-0.4, -0.2) is 38.4 Å². The molecule has 1 saturated heterocycles. The minimum absolute atomic E-state index is 0.101. The number of hydrogen-bond donors (Lipinski definition) is 1. The summed E-state index contributed by atoms with van der Waals surface area (Å²) >= 11 is 2.16. The summed E-state index contributed by atoms with van der Waals surface area (Å²) in [5.74, 6) is 0. The topological polar surface area (TPSA) is 49.4 Å². The summed E-state index contributed by atoms with van der Waals surface area (Å²) in [6, 6.07) is 7.09. The molecule has 0 aliphatic carbocycles. The Kier molecular flexibility index (Phi) is 4.06. The van der Waals surface area contributed by atoms with E-state index in [0.29, 0.717) is 11.4 Å². The molecule has 0 bridgehead atoms. The van der Waals surface area contributed by atoms with Gasteiger partial charge in [-0.15, -0.1) is 0 Å². The van der Waals surface area contributed by atoms with Crippen molar-refractivity contribution in [2.45, 2.75) is 17.9 Å². The SMILES string of the molecule is CCN(C1CNC1)S(=O)(=O)c1ccc(I)cc1. The average Bonchev–Trinajstić information content (AvgIpc) is 2.23. The summed E-state index contributed by atoms with van der Waals surface area (Å²) in [4.78, 5) is 0.381. The molecule has 0 atom stereocenters. The van der Waals surface area contributed by atoms with Gasteiger partial charge >= 0.3 is 0 Å². The third kappa shape index (κ3) is 2.64. The summed E-state index contributed by atoms with van der Waals surface area (Å²) < 4.78 is 27.4. The third-order valence-corrected chi connectivity index (χ3v) is 5.66. The maximum atomic E-state index is 12.4. The van der Waals surface area contributed by atoms with Gasteiger partial charge in [-0.05, 0) is 46.9 Å². The van der Waals surface area contributed by atoms with Gasteiger partial charge in [-0.2, -0.15) is 4.31 Å². The standard InChI is InChI=1S/C11H15IN2O2S/c1-2-14(10-7-13-8-10)17(15,16)11-5-3-9(12)4-6-11/h3-6,10,13H,2,7-8H2,1H3. The molecule has 0 saturated carbocycles. The van der Waals surface area contributed by atoms with E-state index in [4.69, 9.17) is 0 Å². The molecule has 6 heteroatoms. The number of hydrogen-bond acceptors (Lipinski definition) is 3. The maximum Gasteiger partial charge on any atom is 0.243 e. The van der Waals surface area contributed by atoms with E-state index in [1.54, 1.807) is 16.4 Å². The van der Waals surface area contributed by atoms with E-state index in [-0.39, 0.29) is 6.04 Å². The lowest BCUT2D eigenvalue weighted by Crippen LogP contribution is -2.58. The molecule has 94 valence electrons. The highest BCUT2D eigenvalue weighted by Gasteiger charge is 2.33. The second kappa shape index (κ2) is 5.21. The smallest absolute Gasteiger partial charge is 0.243 e. The number of nitrogens with zero attached hydrogens (tertiary/aromatic N) is 1. The number of likely N-dealkylation sites (N-methyl/N-ethyl adjacent to an activating group) is 1. The molecule has 0 aromatic heterocycles. The van der Waals surface area contributed by atoms with E-state index in [1.807, 2.05) is 19.1 Å². The van der Waals surface area contributed by atoms with Crippen LogP contribution in [0.2, 0.25) is 0 Å². The van der Waals surface area contributed by atoms with Crippen LogP contribution in [0, 0.1) is 3.57 Å². The van der Waals surface area contributed by atoms with Crippen LogP contribution >= 0.6 is 22.6 Å². The van der Waals surface area contributed by atoms with E-state index < -0.39 is 10.0 Å². The van der Waals surface area contributed by atoms with Gasteiger partial charge < -0.3 is 5.32 Å². The Morgan fingerprint density at radius 3 is 2.35 bits per heavy atom. The molecular formula is C11H15IN2O2S. The fourth-order valence-electron chi connectivity index (χ4n) is 1.84. The lowest BCUT2D eigenvalue weighted by atomic mass is 10.2. The van der Waals surface area contributed by atoms with E-state index in [9.17, 15) is 8.42 Å². The van der Waals surface area contributed by atoms with Crippen LogP contribution < -0.4 is 5.32 Å². The van der Waals surface area contributed by atoms with Crippen LogP contribution in [0.25, 0.3) is 0 Å². The fraction of sp³-hybridized carbons (Fsp3) is 0.455. The van der Waals surface area contributed by atoms with Crippen LogP contribution in [0.1, 0.15) is 6.92 Å². The summed E-state index contributed by atoms with van der Waals surface area (Å²) in [6.45, 7) is 3.89. The Morgan fingerprint density at radius 2 is 1.94 bits per heavy atom. The van der Waals surface area contributed by atoms with Gasteiger partial charge in [-0.25, -0.2) is 8.42 Å². The van der Waals surface area contributed by atoms with Crippen LogP contribution in [-0.2, 0) is 10.0 Å². The van der Waals surface area contributed by atoms with Gasteiger partial charge in [-0.1, -0.05) is 6.92 Å². The minimum Gasteiger partial charge on any atom is -0.313 e. The lowest BCUT2D eigenvalue weighted by Gasteiger charge is -2.36. The van der Waals surface area contributed by atoms with E-state index in [2.05, 4.69) is 27.9 Å². The Morgan fingerprint density at radius 1 is 1.35 bits per heavy atom. The number of halogens is 1. The average molecular weight is 366 g/mol. The van der Waals surface area contributed by atoms with Crippen molar-refractivity contribution in [1.82, 2.24) is 9.62 Å². The zero-order chi connectivity index (χ0) is 12.5. The van der Waals surface area contributed by atoms with Gasteiger partial charge in [-0.3, -0.25) is 0 Å². The van der Waals surface area contributed by atoms with Crippen LogP contribution in [0.15, 0.2) is 29.2 Å². The molecule has 0 amide bonds. The molecule has 1 aliphatic heterocycles. The van der Waals surface area contributed by atoms with Crippen molar-refractivity contribution in [2.24, 2.45) is 0 Å². The Balaban J connectivity index is 2.30. The van der Waals surface area contributed by atoms with Gasteiger partial charge in [0, 0.05) is 29.2 Å². The highest BCUT2D eigenvalue weighted by atomic mass is 127. The first-order valence-electron chi connectivity index (χ1n) is 5.54. The molecule has 2 rings (SSSR count). The highest BCUT2D eigenvalue weighted by molar-refractivity contribution is 14.1. The van der Waals surface area contributed by atoms with Gasteiger partial charge in [0.05, 0.1) is 4.90 Å². The molecule has 17 heavy (non-hydrogen) atoms. The van der Waals surface area contributed by atoms with Crippen LogP contribution in [0.4, 0.5) is 0 Å². The lowest BCUT2D eigenvalue weighted by molar-refractivity contribution is 0.249. The zero-order valence-electron chi connectivity index (χ0n) is 9.56. The first kappa shape index (κ1) is 13.3. The quantitative estimate of drug-likeness (QED) is 0.817. The van der Waals surface area contributed by atoms with Crippen molar-refractivity contribution in [3.05, 3.63) is 27.8 Å². The summed E-state index contributed by atoms with van der Waals surface area (Å²) in [7, 11) is -3.34. The van der Waals surface area contributed by atoms with Crippen molar-refractivity contribution in [2.75, 3.05) is 19.6 Å². The molecule has 0 spiro atoms. The van der Waals surface area contributed by atoms with Crippen molar-refractivity contribution in [3.8, 4) is 0 Å². The fourth-order valence-corrected chi connectivity index (χ4v) is 3.84. The number of benzene rings is 1. The first-order chi connectivity index (χ1) is 8.05. The molecule has 1 fully saturated rings. The van der Waals surface area contributed by atoms with Gasteiger partial charge in [0.15, 0.2) is 0 Å². The molecule has 0 unspecified atom stereocenters. The predicted octanol–water partition coefficient (Wildman–Crippen LogP) is 1.27. The molecule has 0 radical (unpaired) electrons. The van der Waals surface area contributed by atoms with Crippen molar-refractivity contribution in [3.63, 3.8) is 0 Å². The molecule has 1 heterocycles. The van der Waals surface area contributed by atoms with E-state index >= 15 is 0 Å². The molecule has 1 aliphatic rings. The molecule has 1 N–H and O–H groups in total. The largest absolute Gasteiger partial charge is 0.313 e. The van der Waals surface area contributed by atoms with Crippen molar-refractivity contribution >= 4 is 32.6 Å². The van der Waals surface area contributed by atoms with Crippen LogP contribution in [0.3, 0.4) is 0 Å². The highest BCUT2D eigenvalue weighted by Crippen LogP contribution is 2.20. The van der Waals surface area contributed by atoms with Crippen LogP contribution in [0.5, 0.6) is 0 Å². The first-order valence-corrected chi connectivity index (χ1v) is 8.05. The maximum absolute atomic E-state index is 12.4. The second-order valence-electron chi connectivity index (χ2n) is 3.97. The molecular weight excluding hydrogens is 351 g/mol. The second-order valence-corrected chi connectivity index (χ2v) is 7.11.